The smallest absolute Gasteiger partial charge is 0.321 e. The molecule has 4 amide bonds. The van der Waals surface area contributed by atoms with Gasteiger partial charge in [-0.05, 0) is 60.5 Å². The number of rotatable bonds is 9. The highest BCUT2D eigenvalue weighted by Gasteiger charge is 2.16. The minimum atomic E-state index is -0.636. The lowest BCUT2D eigenvalue weighted by molar-refractivity contribution is -0.129. The molecule has 0 bridgehead atoms. The molecular weight excluding hydrogens is 409 g/mol. The average molecular weight is 434 g/mol. The van der Waals surface area contributed by atoms with E-state index < -0.39 is 23.7 Å². The molecule has 9 heteroatoms. The fraction of sp³-hybridized carbons (Fsp3) is 0.286. The first kappa shape index (κ1) is 23.2. The molecule has 0 aliphatic carbocycles. The van der Waals surface area contributed by atoms with Crippen molar-refractivity contribution in [3.05, 3.63) is 57.5 Å². The number of imide groups is 1. The Hall–Kier alpha value is -3.04. The van der Waals surface area contributed by atoms with Crippen LogP contribution in [0.1, 0.15) is 41.7 Å². The van der Waals surface area contributed by atoms with Gasteiger partial charge in [0.2, 0.25) is 5.91 Å². The van der Waals surface area contributed by atoms with Crippen molar-refractivity contribution in [2.75, 3.05) is 6.54 Å². The first-order valence-electron chi connectivity index (χ1n) is 9.44. The summed E-state index contributed by atoms with van der Waals surface area (Å²) >= 11 is 1.46. The van der Waals surface area contributed by atoms with Gasteiger partial charge in [-0.3, -0.25) is 20.1 Å². The van der Waals surface area contributed by atoms with E-state index in [0.717, 1.165) is 10.4 Å². The van der Waals surface area contributed by atoms with E-state index >= 15 is 0 Å². The molecule has 160 valence electrons. The molecule has 1 heterocycles. The number of urea groups is 1. The average Bonchev–Trinajstić information content (AvgIpc) is 3.14. The maximum Gasteiger partial charge on any atom is 0.321 e. The van der Waals surface area contributed by atoms with Crippen molar-refractivity contribution in [3.8, 4) is 0 Å². The van der Waals surface area contributed by atoms with Crippen LogP contribution in [-0.2, 0) is 9.59 Å². The van der Waals surface area contributed by atoms with Gasteiger partial charge in [0.25, 0.3) is 5.91 Å². The van der Waals surface area contributed by atoms with Crippen LogP contribution in [0.5, 0.6) is 0 Å². The summed E-state index contributed by atoms with van der Waals surface area (Å²) in [6.45, 7) is 2.27. The largest absolute Gasteiger partial charge is 0.338 e. The number of thiophene rings is 1. The van der Waals surface area contributed by atoms with E-state index in [1.165, 1.54) is 35.6 Å². The fourth-order valence-electron chi connectivity index (χ4n) is 2.64. The fourth-order valence-corrected chi connectivity index (χ4v) is 3.47. The van der Waals surface area contributed by atoms with Crippen molar-refractivity contribution in [1.29, 1.82) is 0 Å². The molecule has 0 saturated carbocycles. The molecular formula is C21H24FN3O4S. The highest BCUT2D eigenvalue weighted by molar-refractivity contribution is 7.11. The lowest BCUT2D eigenvalue weighted by Crippen LogP contribution is -2.40. The van der Waals surface area contributed by atoms with E-state index in [1.54, 1.807) is 11.6 Å². The molecule has 2 rings (SSSR count). The van der Waals surface area contributed by atoms with E-state index in [-0.39, 0.29) is 12.0 Å². The predicted octanol–water partition coefficient (Wildman–Crippen LogP) is 3.63. The van der Waals surface area contributed by atoms with Gasteiger partial charge in [-0.25, -0.2) is 14.7 Å². The molecule has 0 unspecified atom stereocenters. The Morgan fingerprint density at radius 2 is 1.87 bits per heavy atom. The lowest BCUT2D eigenvalue weighted by atomic mass is 10.0. The Morgan fingerprint density at radius 1 is 1.13 bits per heavy atom. The van der Waals surface area contributed by atoms with Gasteiger partial charge in [-0.15, -0.1) is 11.3 Å². The van der Waals surface area contributed by atoms with Crippen LogP contribution < -0.4 is 16.1 Å². The zero-order valence-electron chi connectivity index (χ0n) is 16.5. The molecule has 1 aromatic heterocycles. The Balaban J connectivity index is 1.94. The molecule has 0 spiro atoms. The number of hydroxylamine groups is 1. The minimum Gasteiger partial charge on any atom is -0.338 e. The summed E-state index contributed by atoms with van der Waals surface area (Å²) < 4.78 is 13.3. The maximum absolute atomic E-state index is 13.3. The molecule has 4 N–H and O–H groups in total. The first-order chi connectivity index (χ1) is 14.4. The SMILES string of the molecule is Cc1csc(C=C(C(=O)NC(=O)NCCCCCC(=O)NO)c2ccc(F)cc2)c1. The molecule has 2 aromatic rings. The second kappa shape index (κ2) is 11.8. The molecule has 0 fully saturated rings. The van der Waals surface area contributed by atoms with E-state index in [4.69, 9.17) is 5.21 Å². The molecule has 7 nitrogen and oxygen atoms in total. The van der Waals surface area contributed by atoms with Crippen molar-refractivity contribution in [2.45, 2.75) is 32.6 Å². The third-order valence-electron chi connectivity index (χ3n) is 4.16. The van der Waals surface area contributed by atoms with Gasteiger partial charge >= 0.3 is 6.03 Å². The van der Waals surface area contributed by atoms with Gasteiger partial charge in [0.15, 0.2) is 0 Å². The van der Waals surface area contributed by atoms with Crippen molar-refractivity contribution in [2.24, 2.45) is 0 Å². The summed E-state index contributed by atoms with van der Waals surface area (Å²) in [5.74, 6) is -1.46. The Kier molecular flexibility index (Phi) is 9.17. The van der Waals surface area contributed by atoms with Crippen LogP contribution in [0.15, 0.2) is 35.7 Å². The van der Waals surface area contributed by atoms with Crippen molar-refractivity contribution in [1.82, 2.24) is 16.1 Å². The molecule has 0 saturated heterocycles. The van der Waals surface area contributed by atoms with Crippen LogP contribution in [0, 0.1) is 12.7 Å². The number of carbonyl (C=O) groups is 3. The number of aryl methyl sites for hydroxylation is 1. The maximum atomic E-state index is 13.3. The summed E-state index contributed by atoms with van der Waals surface area (Å²) in [4.78, 5) is 36.5. The van der Waals surface area contributed by atoms with Crippen molar-refractivity contribution >= 4 is 40.8 Å². The van der Waals surface area contributed by atoms with Crippen LogP contribution in [0.4, 0.5) is 9.18 Å². The highest BCUT2D eigenvalue weighted by Crippen LogP contribution is 2.23. The zero-order valence-corrected chi connectivity index (χ0v) is 17.4. The topological polar surface area (TPSA) is 108 Å². The van der Waals surface area contributed by atoms with Crippen molar-refractivity contribution in [3.63, 3.8) is 0 Å². The Morgan fingerprint density at radius 3 is 2.50 bits per heavy atom. The van der Waals surface area contributed by atoms with Crippen LogP contribution in [-0.4, -0.2) is 29.6 Å². The Labute approximate surface area is 178 Å². The van der Waals surface area contributed by atoms with Crippen LogP contribution >= 0.6 is 11.3 Å². The lowest BCUT2D eigenvalue weighted by Gasteiger charge is -2.10. The molecule has 0 atom stereocenters. The predicted molar refractivity (Wildman–Crippen MR) is 113 cm³/mol. The number of nitrogens with one attached hydrogen (secondary N) is 3. The second-order valence-corrected chi connectivity index (χ2v) is 7.59. The van der Waals surface area contributed by atoms with Gasteiger partial charge in [0, 0.05) is 23.4 Å². The van der Waals surface area contributed by atoms with Crippen LogP contribution in [0.25, 0.3) is 11.6 Å². The zero-order chi connectivity index (χ0) is 21.9. The Bertz CT molecular complexity index is 909. The molecule has 0 aliphatic rings. The van der Waals surface area contributed by atoms with E-state index in [2.05, 4.69) is 10.6 Å². The normalized spacial score (nSPS) is 11.1. The van der Waals surface area contributed by atoms with Crippen LogP contribution in [0.2, 0.25) is 0 Å². The standard InChI is InChI=1S/C21H24FN3O4S/c1-14-11-17(30-13-14)12-18(15-6-8-16(22)9-7-15)20(27)24-21(28)23-10-4-2-3-5-19(26)25-29/h6-9,11-13,29H,2-5,10H2,1H3,(H,25,26)(H2,23,24,27,28). The summed E-state index contributed by atoms with van der Waals surface area (Å²) in [6.07, 6.45) is 3.75. The molecule has 0 radical (unpaired) electrons. The summed E-state index contributed by atoms with van der Waals surface area (Å²) in [6, 6.07) is 6.77. The number of unbranched alkanes of at least 4 members (excludes halogenated alkanes) is 2. The van der Waals surface area contributed by atoms with Gasteiger partial charge in [-0.2, -0.15) is 0 Å². The highest BCUT2D eigenvalue weighted by atomic mass is 32.1. The quantitative estimate of drug-likeness (QED) is 0.210. The monoisotopic (exact) mass is 433 g/mol. The molecule has 1 aromatic carbocycles. The number of halogens is 1. The minimum absolute atomic E-state index is 0.204. The van der Waals surface area contributed by atoms with E-state index in [9.17, 15) is 18.8 Å². The molecule has 30 heavy (non-hydrogen) atoms. The number of benzene rings is 1. The van der Waals surface area contributed by atoms with E-state index in [0.29, 0.717) is 31.4 Å². The van der Waals surface area contributed by atoms with Gasteiger partial charge in [-0.1, -0.05) is 18.6 Å². The third-order valence-corrected chi connectivity index (χ3v) is 5.15. The van der Waals surface area contributed by atoms with Gasteiger partial charge in [0.1, 0.15) is 5.82 Å². The van der Waals surface area contributed by atoms with E-state index in [1.807, 2.05) is 18.4 Å². The summed E-state index contributed by atoms with van der Waals surface area (Å²) in [5, 5.41) is 15.2. The van der Waals surface area contributed by atoms with Gasteiger partial charge < -0.3 is 5.32 Å². The first-order valence-corrected chi connectivity index (χ1v) is 10.3. The second-order valence-electron chi connectivity index (χ2n) is 6.65. The number of amides is 4. The number of carbonyl (C=O) groups excluding carboxylic acids is 3. The summed E-state index contributed by atoms with van der Waals surface area (Å²) in [5.41, 5.74) is 3.36. The van der Waals surface area contributed by atoms with Gasteiger partial charge in [0.05, 0.1) is 0 Å². The number of hydrogen-bond donors (Lipinski definition) is 4. The summed E-state index contributed by atoms with van der Waals surface area (Å²) in [7, 11) is 0. The van der Waals surface area contributed by atoms with Crippen molar-refractivity contribution < 1.29 is 24.0 Å². The number of hydrogen-bond acceptors (Lipinski definition) is 5. The third kappa shape index (κ3) is 7.76. The molecule has 0 aliphatic heterocycles. The van der Waals surface area contributed by atoms with Crippen LogP contribution in [0.3, 0.4) is 0 Å².